The van der Waals surface area contributed by atoms with Gasteiger partial charge in [-0.05, 0) is 48.1 Å². The topological polar surface area (TPSA) is 148 Å². The van der Waals surface area contributed by atoms with E-state index in [0.717, 1.165) is 64.4 Å². The molecule has 4 aromatic rings. The van der Waals surface area contributed by atoms with E-state index in [1.807, 2.05) is 17.9 Å². The van der Waals surface area contributed by atoms with Crippen LogP contribution in [0.4, 0.5) is 5.82 Å². The number of nitrogens with one attached hydrogen (secondary N) is 2. The summed E-state index contributed by atoms with van der Waals surface area (Å²) in [6, 6.07) is 16.8. The molecule has 1 amide bonds. The molecule has 274 valence electrons. The first kappa shape index (κ1) is 36.5. The highest BCUT2D eigenvalue weighted by Gasteiger charge is 2.40. The first-order chi connectivity index (χ1) is 24.7. The number of amides is 1. The minimum atomic E-state index is -0.854. The van der Waals surface area contributed by atoms with E-state index < -0.39 is 6.10 Å². The van der Waals surface area contributed by atoms with Crippen molar-refractivity contribution in [1.82, 2.24) is 29.9 Å². The maximum absolute atomic E-state index is 12.6. The molecule has 0 bridgehead atoms. The van der Waals surface area contributed by atoms with Crippen LogP contribution in [0.5, 0.6) is 5.75 Å². The lowest BCUT2D eigenvalue weighted by molar-refractivity contribution is -0.131. The number of benzene rings is 2. The molecule has 0 saturated carbocycles. The van der Waals surface area contributed by atoms with E-state index in [1.54, 1.807) is 24.1 Å². The lowest BCUT2D eigenvalue weighted by Gasteiger charge is -2.47. The van der Waals surface area contributed by atoms with Gasteiger partial charge in [-0.15, -0.1) is 0 Å². The zero-order valence-corrected chi connectivity index (χ0v) is 29.7. The number of likely N-dealkylation sites (tertiary alicyclic amines) is 1. The molecule has 4 heterocycles. The Morgan fingerprint density at radius 1 is 1.12 bits per heavy atom. The molecule has 2 saturated heterocycles. The Hall–Kier alpha value is -4.27. The Morgan fingerprint density at radius 2 is 1.94 bits per heavy atom. The van der Waals surface area contributed by atoms with Gasteiger partial charge in [-0.3, -0.25) is 19.2 Å². The number of pyridine rings is 1. The SMILES string of the molecule is CN(CCNC[C@H](O)c1ccc(O)c2[nH]c(=O)ccc12)C(=O)CCOCCc1cccc(CN2CCC3(CC2)CN(c2ccn(C)n2)CCO3)c1. The van der Waals surface area contributed by atoms with Crippen LogP contribution in [0.1, 0.15) is 42.1 Å². The van der Waals surface area contributed by atoms with E-state index >= 15 is 0 Å². The van der Waals surface area contributed by atoms with E-state index in [9.17, 15) is 19.8 Å². The van der Waals surface area contributed by atoms with Crippen molar-refractivity contribution >= 4 is 22.6 Å². The summed E-state index contributed by atoms with van der Waals surface area (Å²) in [5, 5.41) is 29.2. The molecule has 51 heavy (non-hydrogen) atoms. The molecule has 1 spiro atoms. The van der Waals surface area contributed by atoms with Crippen LogP contribution >= 0.6 is 0 Å². The van der Waals surface area contributed by atoms with Crippen molar-refractivity contribution in [3.63, 3.8) is 0 Å². The Morgan fingerprint density at radius 3 is 2.75 bits per heavy atom. The van der Waals surface area contributed by atoms with Gasteiger partial charge in [-0.25, -0.2) is 0 Å². The number of carbonyl (C=O) groups excluding carboxylic acids is 1. The number of piperidine rings is 1. The number of aliphatic hydroxyl groups excluding tert-OH is 1. The average Bonchev–Trinajstić information content (AvgIpc) is 3.57. The molecule has 13 nitrogen and oxygen atoms in total. The molecule has 2 aromatic heterocycles. The van der Waals surface area contributed by atoms with E-state index in [-0.39, 0.29) is 29.4 Å². The van der Waals surface area contributed by atoms with Gasteiger partial charge in [0.25, 0.3) is 0 Å². The van der Waals surface area contributed by atoms with Gasteiger partial charge in [-0.1, -0.05) is 30.3 Å². The largest absolute Gasteiger partial charge is 0.506 e. The Bertz CT molecular complexity index is 1820. The fourth-order valence-electron chi connectivity index (χ4n) is 7.09. The molecule has 2 fully saturated rings. The fraction of sp³-hybridized carbons (Fsp3) is 0.500. The zero-order chi connectivity index (χ0) is 35.8. The average molecular weight is 702 g/mol. The van der Waals surface area contributed by atoms with Gasteiger partial charge in [0.2, 0.25) is 11.5 Å². The number of hydrogen-bond donors (Lipinski definition) is 4. The number of fused-ring (bicyclic) bond motifs is 1. The van der Waals surface area contributed by atoms with Crippen molar-refractivity contribution in [3.8, 4) is 5.75 Å². The number of nitrogens with zero attached hydrogens (tertiary/aromatic N) is 5. The number of aromatic hydroxyl groups is 1. The molecule has 2 aliphatic rings. The third-order valence-corrected chi connectivity index (χ3v) is 10.1. The number of phenols is 1. The van der Waals surface area contributed by atoms with Crippen molar-refractivity contribution in [2.45, 2.75) is 43.9 Å². The maximum Gasteiger partial charge on any atom is 0.248 e. The number of phenolic OH excluding ortho intramolecular Hbond substituents is 1. The number of anilines is 1. The van der Waals surface area contributed by atoms with E-state index in [0.29, 0.717) is 49.2 Å². The molecule has 0 aliphatic carbocycles. The summed E-state index contributed by atoms with van der Waals surface area (Å²) in [5.41, 5.74) is 3.00. The van der Waals surface area contributed by atoms with Gasteiger partial charge in [0, 0.05) is 90.2 Å². The van der Waals surface area contributed by atoms with Gasteiger partial charge in [0.1, 0.15) is 5.75 Å². The third-order valence-electron chi connectivity index (χ3n) is 10.1. The summed E-state index contributed by atoms with van der Waals surface area (Å²) in [5.74, 6) is 0.982. The van der Waals surface area contributed by atoms with Gasteiger partial charge < -0.3 is 39.8 Å². The van der Waals surface area contributed by atoms with Crippen LogP contribution in [0.2, 0.25) is 0 Å². The summed E-state index contributed by atoms with van der Waals surface area (Å²) in [4.78, 5) is 33.4. The summed E-state index contributed by atoms with van der Waals surface area (Å²) in [7, 11) is 3.72. The van der Waals surface area contributed by atoms with Crippen molar-refractivity contribution < 1.29 is 24.5 Å². The van der Waals surface area contributed by atoms with Gasteiger partial charge in [0.15, 0.2) is 5.82 Å². The fourth-order valence-corrected chi connectivity index (χ4v) is 7.09. The minimum absolute atomic E-state index is 0.000734. The van der Waals surface area contributed by atoms with Crippen molar-refractivity contribution in [2.24, 2.45) is 7.05 Å². The highest BCUT2D eigenvalue weighted by atomic mass is 16.5. The highest BCUT2D eigenvalue weighted by Crippen LogP contribution is 2.32. The van der Waals surface area contributed by atoms with E-state index in [2.05, 4.69) is 55.5 Å². The molecule has 1 atom stereocenters. The summed E-state index contributed by atoms with van der Waals surface area (Å²) < 4.78 is 14.1. The van der Waals surface area contributed by atoms with Crippen molar-refractivity contribution in [1.29, 1.82) is 0 Å². The smallest absolute Gasteiger partial charge is 0.248 e. The highest BCUT2D eigenvalue weighted by molar-refractivity contribution is 5.87. The van der Waals surface area contributed by atoms with Crippen molar-refractivity contribution in [2.75, 3.05) is 77.6 Å². The number of morpholine rings is 1. The summed E-state index contributed by atoms with van der Waals surface area (Å²) >= 11 is 0. The summed E-state index contributed by atoms with van der Waals surface area (Å²) in [6.45, 7) is 7.59. The van der Waals surface area contributed by atoms with Crippen LogP contribution in [0.15, 0.2) is 65.6 Å². The normalized spacial score (nSPS) is 16.9. The van der Waals surface area contributed by atoms with Crippen LogP contribution in [0.3, 0.4) is 0 Å². The van der Waals surface area contributed by atoms with E-state index in [1.165, 1.54) is 23.3 Å². The number of likely N-dealkylation sites (N-methyl/N-ethyl adjacent to an activating group) is 1. The van der Waals surface area contributed by atoms with Gasteiger partial charge >= 0.3 is 0 Å². The van der Waals surface area contributed by atoms with Crippen LogP contribution < -0.4 is 15.8 Å². The second-order valence-corrected chi connectivity index (χ2v) is 13.8. The second kappa shape index (κ2) is 16.8. The zero-order valence-electron chi connectivity index (χ0n) is 29.7. The van der Waals surface area contributed by atoms with Crippen LogP contribution in [-0.4, -0.2) is 119 Å². The Balaban J connectivity index is 0.849. The van der Waals surface area contributed by atoms with Crippen LogP contribution in [0.25, 0.3) is 10.9 Å². The standard InChI is InChI=1S/C38H51N7O6/c1-42(19-15-39-25-33(47)30-6-8-32(46)37-31(30)7-9-35(48)40-37)36(49)12-22-50-21-11-28-4-3-5-29(24-28)26-44-17-13-38(14-18-44)27-45(20-23-51-38)34-10-16-43(2)41-34/h3-10,16,24,33,39,46-47H,11-15,17-23,25-27H2,1-2H3,(H,40,48)/t33-/m0/s1. The lowest BCUT2D eigenvalue weighted by Crippen LogP contribution is -2.57. The van der Waals surface area contributed by atoms with Gasteiger partial charge in [-0.2, -0.15) is 5.10 Å². The number of carbonyl (C=O) groups is 1. The second-order valence-electron chi connectivity index (χ2n) is 13.8. The first-order valence-electron chi connectivity index (χ1n) is 17.9. The molecule has 2 aromatic carbocycles. The molecule has 0 radical (unpaired) electrons. The number of aromatic nitrogens is 3. The van der Waals surface area contributed by atoms with Crippen molar-refractivity contribution in [3.05, 3.63) is 87.8 Å². The summed E-state index contributed by atoms with van der Waals surface area (Å²) in [6.07, 6.45) is 4.26. The molecule has 6 rings (SSSR count). The maximum atomic E-state index is 12.6. The minimum Gasteiger partial charge on any atom is -0.506 e. The number of aryl methyl sites for hydroxylation is 1. The third kappa shape index (κ3) is 9.54. The van der Waals surface area contributed by atoms with E-state index in [4.69, 9.17) is 9.47 Å². The molecule has 4 N–H and O–H groups in total. The quantitative estimate of drug-likeness (QED) is 0.136. The van der Waals surface area contributed by atoms with Gasteiger partial charge in [0.05, 0.1) is 43.5 Å². The molecular weight excluding hydrogens is 650 g/mol. The Kier molecular flexibility index (Phi) is 12.1. The first-order valence-corrected chi connectivity index (χ1v) is 17.9. The monoisotopic (exact) mass is 701 g/mol. The number of hydrogen-bond acceptors (Lipinski definition) is 10. The number of aromatic amines is 1. The van der Waals surface area contributed by atoms with Crippen LogP contribution in [-0.2, 0) is 34.3 Å². The molecule has 13 heteroatoms. The number of H-pyrrole nitrogens is 1. The molecule has 0 unspecified atom stereocenters. The number of rotatable bonds is 15. The predicted octanol–water partition coefficient (Wildman–Crippen LogP) is 2.57. The predicted molar refractivity (Wildman–Crippen MR) is 196 cm³/mol. The molecule has 2 aliphatic heterocycles. The Labute approximate surface area is 298 Å². The lowest BCUT2D eigenvalue weighted by atomic mass is 9.89. The molecular formula is C38H51N7O6. The van der Waals surface area contributed by atoms with Crippen LogP contribution in [0, 0.1) is 0 Å². The number of aliphatic hydroxyl groups is 1. The number of ether oxygens (including phenoxy) is 2.